The van der Waals surface area contributed by atoms with Crippen molar-refractivity contribution in [1.82, 2.24) is 4.57 Å². The molecule has 0 aliphatic heterocycles. The maximum absolute atomic E-state index is 7.13. The Balaban J connectivity index is 0.000000583. The van der Waals surface area contributed by atoms with E-state index in [0.717, 1.165) is 0 Å². The van der Waals surface area contributed by atoms with Crippen molar-refractivity contribution in [2.75, 3.05) is 0 Å². The van der Waals surface area contributed by atoms with Gasteiger partial charge in [0.2, 0.25) is 6.33 Å². The molecular weight excluding hydrogens is 206 g/mol. The lowest BCUT2D eigenvalue weighted by Crippen LogP contribution is -2.30. The molecule has 0 radical (unpaired) electrons. The molecule has 0 unspecified atom stereocenters. The first kappa shape index (κ1) is 13.9. The number of nitrogens with zero attached hydrogens (tertiary/aromatic N) is 3. The Hall–Kier alpha value is -1.08. The molecule has 0 atom stereocenters. The van der Waals surface area contributed by atoms with Crippen molar-refractivity contribution >= 4 is 12.6 Å². The minimum Gasteiger partial charge on any atom is -0.696 e. The van der Waals surface area contributed by atoms with Crippen LogP contribution in [-0.4, -0.2) is 4.57 Å². The van der Waals surface area contributed by atoms with Crippen LogP contribution in [0.4, 0.5) is 0 Å². The van der Waals surface area contributed by atoms with Crippen LogP contribution >= 0.6 is 0 Å². The molecule has 3 nitrogen and oxygen atoms in total. The second kappa shape index (κ2) is 9.47. The number of thiocyanates is 1. The van der Waals surface area contributed by atoms with E-state index < -0.39 is 0 Å². The van der Waals surface area contributed by atoms with Gasteiger partial charge in [-0.2, -0.15) is 0 Å². The lowest BCUT2D eigenvalue weighted by Gasteiger charge is -1.95. The molecular formula is C11H19N3S. The van der Waals surface area contributed by atoms with Crippen LogP contribution in [0, 0.1) is 10.7 Å². The molecule has 1 rings (SSSR count). The fourth-order valence-electron chi connectivity index (χ4n) is 1.36. The highest BCUT2D eigenvalue weighted by Gasteiger charge is 1.97. The van der Waals surface area contributed by atoms with E-state index in [1.807, 2.05) is 0 Å². The molecule has 0 fully saturated rings. The summed E-state index contributed by atoms with van der Waals surface area (Å²) >= 11 is 3.70. The summed E-state index contributed by atoms with van der Waals surface area (Å²) < 4.78 is 4.33. The van der Waals surface area contributed by atoms with Gasteiger partial charge in [0.15, 0.2) is 0 Å². The van der Waals surface area contributed by atoms with E-state index in [-0.39, 0.29) is 0 Å². The molecule has 0 spiro atoms. The third kappa shape index (κ3) is 7.95. The molecule has 1 aromatic rings. The van der Waals surface area contributed by atoms with Crippen LogP contribution in [0.3, 0.4) is 0 Å². The second-order valence-corrected chi connectivity index (χ2v) is 3.65. The van der Waals surface area contributed by atoms with Crippen LogP contribution in [0.1, 0.15) is 32.6 Å². The molecule has 15 heavy (non-hydrogen) atoms. The predicted molar refractivity (Wildman–Crippen MR) is 62.7 cm³/mol. The minimum atomic E-state index is 1.17. The summed E-state index contributed by atoms with van der Waals surface area (Å²) in [4.78, 5) is 0. The Labute approximate surface area is 97.8 Å². The first-order chi connectivity index (χ1) is 7.24. The number of hydrogen-bond donors (Lipinski definition) is 0. The molecule has 0 N–H and O–H groups in total. The summed E-state index contributed by atoms with van der Waals surface area (Å²) in [7, 11) is 2.06. The van der Waals surface area contributed by atoms with Gasteiger partial charge in [0, 0.05) is 0 Å². The Bertz CT molecular complexity index is 288. The van der Waals surface area contributed by atoms with Gasteiger partial charge in [-0.3, -0.25) is 0 Å². The smallest absolute Gasteiger partial charge is 0.243 e. The van der Waals surface area contributed by atoms with Crippen molar-refractivity contribution < 1.29 is 4.57 Å². The van der Waals surface area contributed by atoms with Crippen molar-refractivity contribution in [1.29, 1.82) is 5.26 Å². The van der Waals surface area contributed by atoms with Crippen molar-refractivity contribution in [3.05, 3.63) is 18.7 Å². The maximum Gasteiger partial charge on any atom is 0.243 e. The third-order valence-corrected chi connectivity index (χ3v) is 2.09. The molecule has 0 aliphatic carbocycles. The van der Waals surface area contributed by atoms with Crippen LogP contribution in [-0.2, 0) is 26.2 Å². The summed E-state index contributed by atoms with van der Waals surface area (Å²) in [6.45, 7) is 3.41. The Morgan fingerprint density at radius 2 is 2.07 bits per heavy atom. The molecule has 0 saturated heterocycles. The van der Waals surface area contributed by atoms with E-state index in [1.54, 1.807) is 0 Å². The number of rotatable bonds is 5. The zero-order chi connectivity index (χ0) is 11.5. The highest BCUT2D eigenvalue weighted by Crippen LogP contribution is 1.97. The molecule has 84 valence electrons. The molecule has 1 aromatic heterocycles. The van der Waals surface area contributed by atoms with Gasteiger partial charge in [-0.05, 0) is 12.8 Å². The van der Waals surface area contributed by atoms with Crippen molar-refractivity contribution in [3.63, 3.8) is 0 Å². The van der Waals surface area contributed by atoms with E-state index in [2.05, 4.69) is 54.5 Å². The molecule has 0 aliphatic rings. The number of aryl methyl sites for hydroxylation is 2. The minimum absolute atomic E-state index is 1.17. The molecule has 4 heteroatoms. The zero-order valence-corrected chi connectivity index (χ0v) is 10.3. The molecule has 0 bridgehead atoms. The number of aromatic nitrogens is 2. The normalized spacial score (nSPS) is 8.87. The maximum atomic E-state index is 7.13. The van der Waals surface area contributed by atoms with E-state index in [4.69, 9.17) is 5.26 Å². The Morgan fingerprint density at radius 1 is 1.40 bits per heavy atom. The van der Waals surface area contributed by atoms with E-state index in [0.29, 0.717) is 0 Å². The summed E-state index contributed by atoms with van der Waals surface area (Å²) in [6, 6.07) is 0. The number of imidazole rings is 1. The number of hydrogen-bond acceptors (Lipinski definition) is 2. The van der Waals surface area contributed by atoms with Gasteiger partial charge in [0.1, 0.15) is 12.4 Å². The fourth-order valence-corrected chi connectivity index (χ4v) is 1.36. The number of nitriles is 1. The van der Waals surface area contributed by atoms with Crippen LogP contribution in [0.2, 0.25) is 0 Å². The molecule has 0 aromatic carbocycles. The van der Waals surface area contributed by atoms with Gasteiger partial charge in [-0.1, -0.05) is 25.2 Å². The highest BCUT2D eigenvalue weighted by atomic mass is 32.1. The fraction of sp³-hybridized carbons (Fsp3) is 0.636. The lowest BCUT2D eigenvalue weighted by molar-refractivity contribution is -0.696. The molecule has 0 saturated carbocycles. The van der Waals surface area contributed by atoms with Gasteiger partial charge in [0.05, 0.1) is 13.6 Å². The topological polar surface area (TPSA) is 32.6 Å². The largest absolute Gasteiger partial charge is 0.696 e. The number of unbranched alkanes of at least 4 members (excludes halogenated alkanes) is 3. The highest BCUT2D eigenvalue weighted by molar-refractivity contribution is 7.64. The van der Waals surface area contributed by atoms with Crippen LogP contribution < -0.4 is 4.57 Å². The second-order valence-electron chi connectivity index (χ2n) is 3.47. The standard InChI is InChI=1S/C10H19N2.CHNS/c1-3-4-5-6-7-12-9-8-11(2)10-12;2-1-3/h8-10H,3-7H2,1-2H3;3H/q+1;/p-1. The molecule has 0 amide bonds. The van der Waals surface area contributed by atoms with Gasteiger partial charge >= 0.3 is 0 Å². The van der Waals surface area contributed by atoms with Gasteiger partial charge in [-0.25, -0.2) is 14.4 Å². The van der Waals surface area contributed by atoms with Crippen LogP contribution in [0.25, 0.3) is 0 Å². The van der Waals surface area contributed by atoms with Gasteiger partial charge in [0.25, 0.3) is 0 Å². The summed E-state index contributed by atoms with van der Waals surface area (Å²) in [6.07, 6.45) is 11.7. The van der Waals surface area contributed by atoms with E-state index in [1.165, 1.54) is 37.6 Å². The third-order valence-electron chi connectivity index (χ3n) is 2.09. The van der Waals surface area contributed by atoms with Crippen molar-refractivity contribution in [2.45, 2.75) is 39.2 Å². The summed E-state index contributed by atoms with van der Waals surface area (Å²) in [5, 5.41) is 8.47. The zero-order valence-electron chi connectivity index (χ0n) is 9.52. The quantitative estimate of drug-likeness (QED) is 0.332. The van der Waals surface area contributed by atoms with E-state index in [9.17, 15) is 0 Å². The summed E-state index contributed by atoms with van der Waals surface area (Å²) in [5.74, 6) is 0. The SMILES string of the molecule is CCCCCC[n+]1ccn(C)c1.N#C[S-]. The first-order valence-corrected chi connectivity index (χ1v) is 5.67. The molecule has 1 heterocycles. The van der Waals surface area contributed by atoms with Crippen molar-refractivity contribution in [3.8, 4) is 5.40 Å². The Morgan fingerprint density at radius 3 is 2.53 bits per heavy atom. The van der Waals surface area contributed by atoms with E-state index >= 15 is 0 Å². The monoisotopic (exact) mass is 225 g/mol. The average Bonchev–Trinajstić information content (AvgIpc) is 2.60. The van der Waals surface area contributed by atoms with Gasteiger partial charge < -0.3 is 12.6 Å². The van der Waals surface area contributed by atoms with Crippen molar-refractivity contribution in [2.24, 2.45) is 7.05 Å². The average molecular weight is 225 g/mol. The van der Waals surface area contributed by atoms with Gasteiger partial charge in [-0.15, -0.1) is 0 Å². The Kier molecular flexibility index (Phi) is 8.79. The lowest BCUT2D eigenvalue weighted by atomic mass is 10.2. The van der Waals surface area contributed by atoms with Crippen LogP contribution in [0.5, 0.6) is 0 Å². The first-order valence-electron chi connectivity index (χ1n) is 5.26. The van der Waals surface area contributed by atoms with Crippen LogP contribution in [0.15, 0.2) is 18.7 Å². The summed E-state index contributed by atoms with van der Waals surface area (Å²) in [5.41, 5.74) is 0. The predicted octanol–water partition coefficient (Wildman–Crippen LogP) is 1.91.